The third-order valence-electron chi connectivity index (χ3n) is 5.08. The number of nitrogens with one attached hydrogen (secondary N) is 1. The average molecular weight is 493 g/mol. The predicted molar refractivity (Wildman–Crippen MR) is 122 cm³/mol. The van der Waals surface area contributed by atoms with Crippen molar-refractivity contribution in [2.24, 2.45) is 5.92 Å². The van der Waals surface area contributed by atoms with Gasteiger partial charge in [-0.15, -0.1) is 16.9 Å². The summed E-state index contributed by atoms with van der Waals surface area (Å²) in [6.07, 6.45) is 0.813. The van der Waals surface area contributed by atoms with Crippen molar-refractivity contribution >= 4 is 45.3 Å². The van der Waals surface area contributed by atoms with Crippen molar-refractivity contribution in [2.75, 3.05) is 18.4 Å². The number of nitrogens with zero attached hydrogens (tertiary/aromatic N) is 3. The highest BCUT2D eigenvalue weighted by Crippen LogP contribution is 2.26. The SMILES string of the molecule is O=C(Nc1nnc(CSc2ccccc2)o1)C1CCN(S(=O)(=O)c2ccc(Cl)cc2)CC1. The van der Waals surface area contributed by atoms with Crippen LogP contribution >= 0.6 is 23.4 Å². The summed E-state index contributed by atoms with van der Waals surface area (Å²) in [4.78, 5) is 13.9. The molecule has 1 fully saturated rings. The van der Waals surface area contributed by atoms with E-state index in [2.05, 4.69) is 15.5 Å². The first-order valence-electron chi connectivity index (χ1n) is 9.98. The van der Waals surface area contributed by atoms with Gasteiger partial charge in [0.05, 0.1) is 10.6 Å². The molecule has 1 N–H and O–H groups in total. The van der Waals surface area contributed by atoms with Crippen molar-refractivity contribution in [1.82, 2.24) is 14.5 Å². The van der Waals surface area contributed by atoms with Crippen molar-refractivity contribution in [3.05, 3.63) is 65.5 Å². The Hall–Kier alpha value is -2.40. The summed E-state index contributed by atoms with van der Waals surface area (Å²) in [7, 11) is -3.61. The van der Waals surface area contributed by atoms with E-state index in [1.807, 2.05) is 30.3 Å². The zero-order valence-electron chi connectivity index (χ0n) is 17.0. The number of halogens is 1. The second kappa shape index (κ2) is 10.0. The molecule has 4 rings (SSSR count). The maximum atomic E-state index is 12.8. The molecule has 0 aliphatic carbocycles. The van der Waals surface area contributed by atoms with Crippen LogP contribution in [0.1, 0.15) is 18.7 Å². The fraction of sp³-hybridized carbons (Fsp3) is 0.286. The van der Waals surface area contributed by atoms with Crippen molar-refractivity contribution in [3.63, 3.8) is 0 Å². The molecule has 1 saturated heterocycles. The third-order valence-corrected chi connectivity index (χ3v) is 8.24. The summed E-state index contributed by atoms with van der Waals surface area (Å²) in [6, 6.07) is 15.9. The molecule has 1 amide bonds. The number of amides is 1. The molecule has 0 spiro atoms. The lowest BCUT2D eigenvalue weighted by molar-refractivity contribution is -0.121. The molecular weight excluding hydrogens is 472 g/mol. The number of hydrogen-bond acceptors (Lipinski definition) is 7. The van der Waals surface area contributed by atoms with Crippen LogP contribution in [-0.4, -0.2) is 41.9 Å². The second-order valence-electron chi connectivity index (χ2n) is 7.22. The Morgan fingerprint density at radius 1 is 1.09 bits per heavy atom. The Morgan fingerprint density at radius 3 is 2.47 bits per heavy atom. The molecular formula is C21H21ClN4O4S2. The number of anilines is 1. The number of thioether (sulfide) groups is 1. The minimum atomic E-state index is -3.61. The van der Waals surface area contributed by atoms with Gasteiger partial charge in [0, 0.05) is 28.9 Å². The second-order valence-corrected chi connectivity index (χ2v) is 10.6. The predicted octanol–water partition coefficient (Wildman–Crippen LogP) is 4.05. The van der Waals surface area contributed by atoms with Crippen molar-refractivity contribution in [1.29, 1.82) is 0 Å². The van der Waals surface area contributed by atoms with E-state index in [0.29, 0.717) is 29.5 Å². The summed E-state index contributed by atoms with van der Waals surface area (Å²) in [6.45, 7) is 0.512. The third kappa shape index (κ3) is 5.50. The molecule has 0 radical (unpaired) electrons. The van der Waals surface area contributed by atoms with Crippen LogP contribution in [-0.2, 0) is 20.6 Å². The number of aromatic nitrogens is 2. The Morgan fingerprint density at radius 2 is 1.78 bits per heavy atom. The summed E-state index contributed by atoms with van der Waals surface area (Å²) < 4.78 is 32.5. The highest BCUT2D eigenvalue weighted by Gasteiger charge is 2.32. The summed E-state index contributed by atoms with van der Waals surface area (Å²) >= 11 is 7.40. The molecule has 0 unspecified atom stereocenters. The van der Waals surface area contributed by atoms with E-state index in [-0.39, 0.29) is 35.8 Å². The summed E-state index contributed by atoms with van der Waals surface area (Å²) in [5, 5.41) is 11.0. The van der Waals surface area contributed by atoms with E-state index >= 15 is 0 Å². The molecule has 11 heteroatoms. The van der Waals surface area contributed by atoms with E-state index in [1.165, 1.54) is 16.4 Å². The van der Waals surface area contributed by atoms with Crippen LogP contribution in [0.3, 0.4) is 0 Å². The summed E-state index contributed by atoms with van der Waals surface area (Å²) in [5.74, 6) is 0.326. The van der Waals surface area contributed by atoms with Gasteiger partial charge in [-0.05, 0) is 49.2 Å². The maximum absolute atomic E-state index is 12.8. The molecule has 1 aliphatic rings. The van der Waals surface area contributed by atoms with E-state index in [9.17, 15) is 13.2 Å². The van der Waals surface area contributed by atoms with Crippen LogP contribution in [0.25, 0.3) is 0 Å². The standard InChI is InChI=1S/C21H21ClN4O4S2/c22-16-6-8-18(9-7-16)32(28,29)26-12-10-15(11-13-26)20(27)23-21-25-24-19(30-21)14-31-17-4-2-1-3-5-17/h1-9,15H,10-14H2,(H,23,25,27). The van der Waals surface area contributed by atoms with Crippen LogP contribution in [0.4, 0.5) is 6.01 Å². The van der Waals surface area contributed by atoms with Crippen molar-refractivity contribution in [3.8, 4) is 0 Å². The van der Waals surface area contributed by atoms with Gasteiger partial charge in [0.15, 0.2) is 0 Å². The fourth-order valence-electron chi connectivity index (χ4n) is 3.35. The van der Waals surface area contributed by atoms with Crippen LogP contribution in [0.5, 0.6) is 0 Å². The minimum absolute atomic E-state index is 0.0508. The van der Waals surface area contributed by atoms with Crippen molar-refractivity contribution < 1.29 is 17.6 Å². The van der Waals surface area contributed by atoms with Gasteiger partial charge in [-0.25, -0.2) is 8.42 Å². The van der Waals surface area contributed by atoms with E-state index in [0.717, 1.165) is 4.90 Å². The summed E-state index contributed by atoms with van der Waals surface area (Å²) in [5.41, 5.74) is 0. The van der Waals surface area contributed by atoms with Crippen LogP contribution in [0.2, 0.25) is 5.02 Å². The Bertz CT molecular complexity index is 1160. The normalized spacial score (nSPS) is 15.5. The zero-order chi connectivity index (χ0) is 22.6. The molecule has 1 aromatic heterocycles. The number of piperidine rings is 1. The molecule has 0 atom stereocenters. The van der Waals surface area contributed by atoms with Gasteiger partial charge in [-0.2, -0.15) is 4.31 Å². The van der Waals surface area contributed by atoms with E-state index in [4.69, 9.17) is 16.0 Å². The number of benzene rings is 2. The number of carbonyl (C=O) groups is 1. The molecule has 0 saturated carbocycles. The van der Waals surface area contributed by atoms with E-state index in [1.54, 1.807) is 23.9 Å². The lowest BCUT2D eigenvalue weighted by atomic mass is 9.97. The number of hydrogen-bond donors (Lipinski definition) is 1. The zero-order valence-corrected chi connectivity index (χ0v) is 19.4. The monoisotopic (exact) mass is 492 g/mol. The molecule has 3 aromatic rings. The Kier molecular flexibility index (Phi) is 7.14. The topological polar surface area (TPSA) is 105 Å². The Labute approximate surface area is 195 Å². The molecule has 32 heavy (non-hydrogen) atoms. The average Bonchev–Trinajstić information content (AvgIpc) is 3.26. The van der Waals surface area contributed by atoms with Gasteiger partial charge in [-0.3, -0.25) is 10.1 Å². The minimum Gasteiger partial charge on any atom is -0.407 e. The highest BCUT2D eigenvalue weighted by molar-refractivity contribution is 7.98. The van der Waals surface area contributed by atoms with Crippen LogP contribution in [0.15, 0.2) is 68.8 Å². The quantitative estimate of drug-likeness (QED) is 0.496. The first-order valence-corrected chi connectivity index (χ1v) is 12.8. The van der Waals surface area contributed by atoms with Gasteiger partial charge in [0.25, 0.3) is 0 Å². The lowest BCUT2D eigenvalue weighted by Crippen LogP contribution is -2.41. The van der Waals surface area contributed by atoms with Gasteiger partial charge in [-0.1, -0.05) is 34.9 Å². The smallest absolute Gasteiger partial charge is 0.322 e. The molecule has 2 aromatic carbocycles. The molecule has 2 heterocycles. The highest BCUT2D eigenvalue weighted by atomic mass is 35.5. The molecule has 168 valence electrons. The number of rotatable bonds is 7. The van der Waals surface area contributed by atoms with Gasteiger partial charge in [0.1, 0.15) is 0 Å². The van der Waals surface area contributed by atoms with E-state index < -0.39 is 10.0 Å². The Balaban J connectivity index is 1.28. The van der Waals surface area contributed by atoms with Gasteiger partial charge in [0.2, 0.25) is 21.8 Å². The first-order chi connectivity index (χ1) is 15.4. The number of sulfonamides is 1. The van der Waals surface area contributed by atoms with Crippen LogP contribution in [0, 0.1) is 5.92 Å². The number of carbonyl (C=O) groups excluding carboxylic acids is 1. The lowest BCUT2D eigenvalue weighted by Gasteiger charge is -2.30. The first kappa shape index (κ1) is 22.8. The molecule has 8 nitrogen and oxygen atoms in total. The molecule has 1 aliphatic heterocycles. The fourth-order valence-corrected chi connectivity index (χ4v) is 5.70. The van der Waals surface area contributed by atoms with Gasteiger partial charge < -0.3 is 4.42 Å². The molecule has 0 bridgehead atoms. The largest absolute Gasteiger partial charge is 0.407 e. The van der Waals surface area contributed by atoms with Gasteiger partial charge >= 0.3 is 6.01 Å². The van der Waals surface area contributed by atoms with Crippen molar-refractivity contribution in [2.45, 2.75) is 28.4 Å². The van der Waals surface area contributed by atoms with Crippen LogP contribution < -0.4 is 5.32 Å². The maximum Gasteiger partial charge on any atom is 0.322 e.